The van der Waals surface area contributed by atoms with Gasteiger partial charge in [0.25, 0.3) is 10.0 Å². The SMILES string of the molecule is CCNCc1cc(S(=O)(=O)Nc2ccc(Br)cn2)cn1C. The van der Waals surface area contributed by atoms with Gasteiger partial charge in [-0.15, -0.1) is 0 Å². The van der Waals surface area contributed by atoms with E-state index in [9.17, 15) is 8.42 Å². The minimum absolute atomic E-state index is 0.225. The average molecular weight is 373 g/mol. The Morgan fingerprint density at radius 3 is 2.76 bits per heavy atom. The van der Waals surface area contributed by atoms with Crippen LogP contribution in [0.1, 0.15) is 12.6 Å². The van der Waals surface area contributed by atoms with Crippen molar-refractivity contribution in [2.45, 2.75) is 18.4 Å². The number of hydrogen-bond acceptors (Lipinski definition) is 4. The zero-order valence-electron chi connectivity index (χ0n) is 11.8. The van der Waals surface area contributed by atoms with Crippen molar-refractivity contribution >= 4 is 31.8 Å². The molecule has 2 aromatic rings. The van der Waals surface area contributed by atoms with Crippen molar-refractivity contribution in [2.24, 2.45) is 7.05 Å². The van der Waals surface area contributed by atoms with Crippen LogP contribution in [0.15, 0.2) is 40.0 Å². The summed E-state index contributed by atoms with van der Waals surface area (Å²) in [5, 5.41) is 3.17. The number of nitrogens with zero attached hydrogens (tertiary/aromatic N) is 2. The van der Waals surface area contributed by atoms with Gasteiger partial charge in [0, 0.05) is 36.2 Å². The van der Waals surface area contributed by atoms with Crippen LogP contribution in [-0.2, 0) is 23.6 Å². The molecule has 2 N–H and O–H groups in total. The maximum absolute atomic E-state index is 12.3. The lowest BCUT2D eigenvalue weighted by molar-refractivity contribution is 0.601. The van der Waals surface area contributed by atoms with Crippen LogP contribution >= 0.6 is 15.9 Å². The standard InChI is InChI=1S/C13H17BrN4O2S/c1-3-15-8-11-6-12(9-18(11)2)21(19,20)17-13-5-4-10(14)7-16-13/h4-7,9,15H,3,8H2,1-2H3,(H,16,17). The van der Waals surface area contributed by atoms with E-state index in [0.717, 1.165) is 16.7 Å². The van der Waals surface area contributed by atoms with Gasteiger partial charge in [-0.1, -0.05) is 6.92 Å². The van der Waals surface area contributed by atoms with E-state index in [2.05, 4.69) is 31.0 Å². The second kappa shape index (κ2) is 6.59. The highest BCUT2D eigenvalue weighted by Crippen LogP contribution is 2.18. The molecule has 2 rings (SSSR count). The zero-order valence-corrected chi connectivity index (χ0v) is 14.2. The molecule has 0 amide bonds. The highest BCUT2D eigenvalue weighted by Gasteiger charge is 2.18. The minimum Gasteiger partial charge on any atom is -0.352 e. The van der Waals surface area contributed by atoms with E-state index >= 15 is 0 Å². The molecule has 0 radical (unpaired) electrons. The minimum atomic E-state index is -3.63. The summed E-state index contributed by atoms with van der Waals surface area (Å²) in [7, 11) is -1.81. The molecule has 2 heterocycles. The molecule has 8 heteroatoms. The quantitative estimate of drug-likeness (QED) is 0.813. The lowest BCUT2D eigenvalue weighted by Crippen LogP contribution is -2.14. The van der Waals surface area contributed by atoms with E-state index in [-0.39, 0.29) is 10.7 Å². The van der Waals surface area contributed by atoms with Gasteiger partial charge in [0.15, 0.2) is 0 Å². The smallest absolute Gasteiger partial charge is 0.264 e. The predicted octanol–water partition coefficient (Wildman–Crippen LogP) is 2.09. The Morgan fingerprint density at radius 2 is 2.14 bits per heavy atom. The molecule has 21 heavy (non-hydrogen) atoms. The Balaban J connectivity index is 2.21. The summed E-state index contributed by atoms with van der Waals surface area (Å²) in [4.78, 5) is 4.24. The molecule has 2 aromatic heterocycles. The highest BCUT2D eigenvalue weighted by molar-refractivity contribution is 9.10. The highest BCUT2D eigenvalue weighted by atomic mass is 79.9. The average Bonchev–Trinajstić information content (AvgIpc) is 2.81. The summed E-state index contributed by atoms with van der Waals surface area (Å²) in [6, 6.07) is 4.99. The first-order chi connectivity index (χ1) is 9.92. The predicted molar refractivity (Wildman–Crippen MR) is 85.5 cm³/mol. The van der Waals surface area contributed by atoms with E-state index in [4.69, 9.17) is 0 Å². The number of halogens is 1. The van der Waals surface area contributed by atoms with Gasteiger partial charge in [-0.05, 0) is 40.7 Å². The summed E-state index contributed by atoms with van der Waals surface area (Å²) in [5.74, 6) is 0.287. The van der Waals surface area contributed by atoms with Crippen LogP contribution in [0, 0.1) is 0 Å². The molecule has 0 atom stereocenters. The molecule has 0 saturated carbocycles. The van der Waals surface area contributed by atoms with Crippen molar-refractivity contribution in [1.29, 1.82) is 0 Å². The molecule has 0 bridgehead atoms. The van der Waals surface area contributed by atoms with Gasteiger partial charge in [0.2, 0.25) is 0 Å². The lowest BCUT2D eigenvalue weighted by atomic mass is 10.4. The fourth-order valence-corrected chi connectivity index (χ4v) is 3.12. The molecular formula is C13H17BrN4O2S. The molecule has 0 aromatic carbocycles. The molecule has 0 fully saturated rings. The van der Waals surface area contributed by atoms with Crippen molar-refractivity contribution in [1.82, 2.24) is 14.9 Å². The number of nitrogens with one attached hydrogen (secondary N) is 2. The summed E-state index contributed by atoms with van der Waals surface area (Å²) < 4.78 is 29.7. The van der Waals surface area contributed by atoms with Gasteiger partial charge < -0.3 is 9.88 Å². The van der Waals surface area contributed by atoms with Gasteiger partial charge in [0.1, 0.15) is 10.7 Å². The normalized spacial score (nSPS) is 11.6. The van der Waals surface area contributed by atoms with Gasteiger partial charge in [-0.2, -0.15) is 0 Å². The Bertz CT molecular complexity index is 710. The van der Waals surface area contributed by atoms with Gasteiger partial charge in [0.05, 0.1) is 0 Å². The summed E-state index contributed by atoms with van der Waals surface area (Å²) in [6.45, 7) is 3.45. The topological polar surface area (TPSA) is 76.0 Å². The molecule has 0 aliphatic rings. The second-order valence-corrected chi connectivity index (χ2v) is 7.12. The Kier molecular flexibility index (Phi) is 5.02. The molecule has 0 aliphatic carbocycles. The van der Waals surface area contributed by atoms with E-state index < -0.39 is 10.0 Å². The fraction of sp³-hybridized carbons (Fsp3) is 0.308. The number of pyridine rings is 1. The Labute approximate surface area is 132 Å². The van der Waals surface area contributed by atoms with E-state index in [1.165, 1.54) is 0 Å². The second-order valence-electron chi connectivity index (χ2n) is 4.53. The molecule has 0 unspecified atom stereocenters. The Hall–Kier alpha value is -1.38. The molecule has 0 spiro atoms. The maximum Gasteiger partial charge on any atom is 0.264 e. The van der Waals surface area contributed by atoms with Crippen LogP contribution in [0.5, 0.6) is 0 Å². The third-order valence-corrected chi connectivity index (χ3v) is 4.71. The van der Waals surface area contributed by atoms with Crippen LogP contribution in [-0.4, -0.2) is 24.5 Å². The van der Waals surface area contributed by atoms with Crippen LogP contribution in [0.4, 0.5) is 5.82 Å². The number of sulfonamides is 1. The van der Waals surface area contributed by atoms with Crippen LogP contribution in [0.25, 0.3) is 0 Å². The van der Waals surface area contributed by atoms with Crippen molar-refractivity contribution in [2.75, 3.05) is 11.3 Å². The van der Waals surface area contributed by atoms with Crippen LogP contribution in [0.3, 0.4) is 0 Å². The number of rotatable bonds is 6. The van der Waals surface area contributed by atoms with E-state index in [1.807, 2.05) is 14.0 Å². The van der Waals surface area contributed by atoms with Crippen molar-refractivity contribution < 1.29 is 8.42 Å². The maximum atomic E-state index is 12.3. The molecule has 0 aliphatic heterocycles. The van der Waals surface area contributed by atoms with Crippen molar-refractivity contribution in [3.63, 3.8) is 0 Å². The number of anilines is 1. The van der Waals surface area contributed by atoms with Gasteiger partial charge in [-0.25, -0.2) is 13.4 Å². The molecular weight excluding hydrogens is 356 g/mol. The zero-order chi connectivity index (χ0) is 15.5. The Morgan fingerprint density at radius 1 is 1.38 bits per heavy atom. The van der Waals surface area contributed by atoms with Gasteiger partial charge >= 0.3 is 0 Å². The summed E-state index contributed by atoms with van der Waals surface area (Å²) in [5.41, 5.74) is 0.904. The van der Waals surface area contributed by atoms with E-state index in [0.29, 0.717) is 6.54 Å². The monoisotopic (exact) mass is 372 g/mol. The number of aryl methyl sites for hydroxylation is 1. The third kappa shape index (κ3) is 4.05. The molecule has 0 saturated heterocycles. The summed E-state index contributed by atoms with van der Waals surface area (Å²) >= 11 is 3.26. The lowest BCUT2D eigenvalue weighted by Gasteiger charge is -2.05. The number of aromatic nitrogens is 2. The molecule has 114 valence electrons. The van der Waals surface area contributed by atoms with Crippen molar-refractivity contribution in [3.8, 4) is 0 Å². The van der Waals surface area contributed by atoms with Crippen LogP contribution in [0.2, 0.25) is 0 Å². The third-order valence-electron chi connectivity index (χ3n) is 2.92. The first-order valence-electron chi connectivity index (χ1n) is 6.42. The number of hydrogen-bond donors (Lipinski definition) is 2. The first kappa shape index (κ1) is 16.0. The summed E-state index contributed by atoms with van der Waals surface area (Å²) in [6.07, 6.45) is 3.13. The fourth-order valence-electron chi connectivity index (χ4n) is 1.79. The van der Waals surface area contributed by atoms with Crippen LogP contribution < -0.4 is 10.0 Å². The van der Waals surface area contributed by atoms with E-state index in [1.54, 1.807) is 35.2 Å². The molecule has 6 nitrogen and oxygen atoms in total. The largest absolute Gasteiger partial charge is 0.352 e. The van der Waals surface area contributed by atoms with Gasteiger partial charge in [-0.3, -0.25) is 4.72 Å². The first-order valence-corrected chi connectivity index (χ1v) is 8.70. The van der Waals surface area contributed by atoms with Crippen molar-refractivity contribution in [3.05, 3.63) is 40.8 Å².